The summed E-state index contributed by atoms with van der Waals surface area (Å²) in [6, 6.07) is 0.676. The first-order valence-electron chi connectivity index (χ1n) is 6.25. The van der Waals surface area contributed by atoms with E-state index < -0.39 is 0 Å². The number of hydrogen-bond donors (Lipinski definition) is 1. The summed E-state index contributed by atoms with van der Waals surface area (Å²) in [5.74, 6) is 0.720. The number of anilines is 2. The average molecular weight is 298 g/mol. The molecule has 0 aliphatic heterocycles. The fraction of sp³-hybridized carbons (Fsp3) is 0.615. The third-order valence-corrected chi connectivity index (χ3v) is 3.70. The molecule has 0 amide bonds. The number of aromatic nitrogens is 1. The molecule has 0 saturated heterocycles. The molecule has 0 radical (unpaired) electrons. The lowest BCUT2D eigenvalue weighted by Gasteiger charge is -2.27. The lowest BCUT2D eigenvalue weighted by molar-refractivity contribution is 0.570. The van der Waals surface area contributed by atoms with E-state index in [2.05, 4.69) is 39.7 Å². The van der Waals surface area contributed by atoms with Gasteiger partial charge in [-0.2, -0.15) is 0 Å². The first-order valence-corrected chi connectivity index (χ1v) is 7.04. The van der Waals surface area contributed by atoms with Crippen molar-refractivity contribution in [3.63, 3.8) is 0 Å². The summed E-state index contributed by atoms with van der Waals surface area (Å²) >= 11 is 3.57. The van der Waals surface area contributed by atoms with Gasteiger partial charge in [0.1, 0.15) is 0 Å². The lowest BCUT2D eigenvalue weighted by Crippen LogP contribution is -2.29. The molecule has 0 aromatic carbocycles. The smallest absolute Gasteiger partial charge is 0.0778 e. The first-order chi connectivity index (χ1) is 8.09. The van der Waals surface area contributed by atoms with Gasteiger partial charge in [-0.1, -0.05) is 13.8 Å². The number of nitrogen functional groups attached to an aromatic ring is 1. The minimum Gasteiger partial charge on any atom is -0.396 e. The fourth-order valence-electron chi connectivity index (χ4n) is 2.01. The summed E-state index contributed by atoms with van der Waals surface area (Å²) in [6.07, 6.45) is 7.34. The van der Waals surface area contributed by atoms with Crippen molar-refractivity contribution in [3.8, 4) is 0 Å². The molecule has 2 N–H and O–H groups in total. The maximum Gasteiger partial charge on any atom is 0.0778 e. The number of pyridine rings is 1. The fourth-order valence-corrected chi connectivity index (χ4v) is 2.58. The van der Waals surface area contributed by atoms with Gasteiger partial charge in [0, 0.05) is 18.8 Å². The molecule has 1 aromatic rings. The van der Waals surface area contributed by atoms with E-state index in [1.54, 1.807) is 6.20 Å². The third-order valence-electron chi connectivity index (χ3n) is 3.12. The van der Waals surface area contributed by atoms with Gasteiger partial charge >= 0.3 is 0 Å². The highest BCUT2D eigenvalue weighted by Crippen LogP contribution is 2.39. The van der Waals surface area contributed by atoms with Gasteiger partial charge in [-0.15, -0.1) is 0 Å². The monoisotopic (exact) mass is 297 g/mol. The normalized spacial score (nSPS) is 15.3. The second-order valence-corrected chi connectivity index (χ2v) is 6.02. The van der Waals surface area contributed by atoms with Gasteiger partial charge in [-0.05, 0) is 41.1 Å². The van der Waals surface area contributed by atoms with Gasteiger partial charge in [0.05, 0.1) is 22.0 Å². The van der Waals surface area contributed by atoms with E-state index in [-0.39, 0.29) is 0 Å². The highest BCUT2D eigenvalue weighted by molar-refractivity contribution is 9.10. The Kier molecular flexibility index (Phi) is 3.92. The molecule has 2 rings (SSSR count). The molecule has 0 atom stereocenters. The van der Waals surface area contributed by atoms with Crippen LogP contribution < -0.4 is 10.6 Å². The molecule has 0 spiro atoms. The molecule has 1 aromatic heterocycles. The Morgan fingerprint density at radius 1 is 1.47 bits per heavy atom. The number of rotatable bonds is 5. The minimum absolute atomic E-state index is 0.676. The van der Waals surface area contributed by atoms with Crippen molar-refractivity contribution in [1.82, 2.24) is 4.98 Å². The van der Waals surface area contributed by atoms with Crippen molar-refractivity contribution >= 4 is 27.3 Å². The molecule has 4 heteroatoms. The standard InChI is InChI=1S/C13H20BrN3/c1-9(2)5-6-17(10-3-4-10)13-11(14)7-16-8-12(13)15/h7-10H,3-6,15H2,1-2H3. The Bertz CT molecular complexity index is 368. The predicted octanol–water partition coefficient (Wildman–Crippen LogP) is 3.44. The van der Waals surface area contributed by atoms with Gasteiger partial charge < -0.3 is 10.6 Å². The van der Waals surface area contributed by atoms with Crippen molar-refractivity contribution in [2.75, 3.05) is 17.2 Å². The van der Waals surface area contributed by atoms with E-state index in [0.29, 0.717) is 6.04 Å². The SMILES string of the molecule is CC(C)CCN(c1c(N)cncc1Br)C1CC1. The molecular formula is C13H20BrN3. The third kappa shape index (κ3) is 3.12. The van der Waals surface area contributed by atoms with Crippen LogP contribution in [0.5, 0.6) is 0 Å². The zero-order valence-electron chi connectivity index (χ0n) is 10.5. The molecule has 1 saturated carbocycles. The van der Waals surface area contributed by atoms with Gasteiger partial charge in [0.15, 0.2) is 0 Å². The van der Waals surface area contributed by atoms with Crippen LogP contribution in [0.4, 0.5) is 11.4 Å². The summed E-state index contributed by atoms with van der Waals surface area (Å²) in [6.45, 7) is 5.60. The highest BCUT2D eigenvalue weighted by Gasteiger charge is 2.31. The van der Waals surface area contributed by atoms with Crippen LogP contribution in [0.3, 0.4) is 0 Å². The van der Waals surface area contributed by atoms with E-state index in [4.69, 9.17) is 5.73 Å². The molecule has 1 heterocycles. The van der Waals surface area contributed by atoms with E-state index in [9.17, 15) is 0 Å². The van der Waals surface area contributed by atoms with Crippen molar-refractivity contribution in [2.24, 2.45) is 5.92 Å². The van der Waals surface area contributed by atoms with E-state index >= 15 is 0 Å². The van der Waals surface area contributed by atoms with Crippen LogP contribution >= 0.6 is 15.9 Å². The number of nitrogens with zero attached hydrogens (tertiary/aromatic N) is 2. The zero-order chi connectivity index (χ0) is 12.4. The summed E-state index contributed by atoms with van der Waals surface area (Å²) in [4.78, 5) is 6.55. The lowest BCUT2D eigenvalue weighted by atomic mass is 10.1. The Balaban J connectivity index is 2.20. The Hall–Kier alpha value is -0.770. The van der Waals surface area contributed by atoms with Gasteiger partial charge in [0.2, 0.25) is 0 Å². The van der Waals surface area contributed by atoms with Crippen LogP contribution in [0.1, 0.15) is 33.1 Å². The van der Waals surface area contributed by atoms with Crippen LogP contribution in [-0.4, -0.2) is 17.6 Å². The van der Waals surface area contributed by atoms with Gasteiger partial charge in [0.25, 0.3) is 0 Å². The first kappa shape index (κ1) is 12.7. The number of nitrogens with two attached hydrogens (primary N) is 1. The molecule has 1 aliphatic carbocycles. The highest BCUT2D eigenvalue weighted by atomic mass is 79.9. The molecule has 17 heavy (non-hydrogen) atoms. The van der Waals surface area contributed by atoms with Crippen molar-refractivity contribution in [2.45, 2.75) is 39.2 Å². The molecule has 1 fully saturated rings. The molecule has 1 aliphatic rings. The summed E-state index contributed by atoms with van der Waals surface area (Å²) in [5, 5.41) is 0. The largest absolute Gasteiger partial charge is 0.396 e. The van der Waals surface area contributed by atoms with Crippen LogP contribution in [0.15, 0.2) is 16.9 Å². The maximum absolute atomic E-state index is 6.06. The summed E-state index contributed by atoms with van der Waals surface area (Å²) in [5.41, 5.74) is 7.96. The van der Waals surface area contributed by atoms with Gasteiger partial charge in [-0.3, -0.25) is 4.98 Å². The summed E-state index contributed by atoms with van der Waals surface area (Å²) < 4.78 is 1.01. The molecule has 94 valence electrons. The maximum atomic E-state index is 6.06. The Morgan fingerprint density at radius 3 is 2.71 bits per heavy atom. The topological polar surface area (TPSA) is 42.1 Å². The van der Waals surface area contributed by atoms with Crippen molar-refractivity contribution in [1.29, 1.82) is 0 Å². The number of halogens is 1. The van der Waals surface area contributed by atoms with Crippen molar-refractivity contribution in [3.05, 3.63) is 16.9 Å². The molecular weight excluding hydrogens is 278 g/mol. The predicted molar refractivity (Wildman–Crippen MR) is 76.2 cm³/mol. The Morgan fingerprint density at radius 2 is 2.18 bits per heavy atom. The molecule has 0 bridgehead atoms. The van der Waals surface area contributed by atoms with Crippen LogP contribution in [0, 0.1) is 5.92 Å². The second-order valence-electron chi connectivity index (χ2n) is 5.17. The van der Waals surface area contributed by atoms with Crippen LogP contribution in [-0.2, 0) is 0 Å². The van der Waals surface area contributed by atoms with Crippen LogP contribution in [0.25, 0.3) is 0 Å². The molecule has 0 unspecified atom stereocenters. The zero-order valence-corrected chi connectivity index (χ0v) is 12.1. The quantitative estimate of drug-likeness (QED) is 0.905. The second kappa shape index (κ2) is 5.25. The van der Waals surface area contributed by atoms with E-state index in [1.807, 2.05) is 6.20 Å². The minimum atomic E-state index is 0.676. The van der Waals surface area contributed by atoms with E-state index in [1.165, 1.54) is 19.3 Å². The Labute approximate surface area is 112 Å². The van der Waals surface area contributed by atoms with Gasteiger partial charge in [-0.25, -0.2) is 0 Å². The van der Waals surface area contributed by atoms with E-state index in [0.717, 1.165) is 28.3 Å². The average Bonchev–Trinajstić information content (AvgIpc) is 3.05. The number of hydrogen-bond acceptors (Lipinski definition) is 3. The van der Waals surface area contributed by atoms with Crippen molar-refractivity contribution < 1.29 is 0 Å². The summed E-state index contributed by atoms with van der Waals surface area (Å²) in [7, 11) is 0. The van der Waals surface area contributed by atoms with Crippen LogP contribution in [0.2, 0.25) is 0 Å². The molecule has 3 nitrogen and oxygen atoms in total.